The van der Waals surface area contributed by atoms with Gasteiger partial charge in [0.15, 0.2) is 5.78 Å². The van der Waals surface area contributed by atoms with E-state index < -0.39 is 0 Å². The zero-order chi connectivity index (χ0) is 12.1. The lowest BCUT2D eigenvalue weighted by Gasteiger charge is -2.11. The van der Waals surface area contributed by atoms with E-state index in [1.165, 1.54) is 13.0 Å². The van der Waals surface area contributed by atoms with Gasteiger partial charge in [-0.05, 0) is 43.7 Å². The normalized spacial score (nSPS) is 10.5. The highest BCUT2D eigenvalue weighted by Crippen LogP contribution is 2.31. The number of benzene rings is 1. The minimum atomic E-state index is -0.00955. The maximum atomic E-state index is 10.9. The van der Waals surface area contributed by atoms with E-state index in [2.05, 4.69) is 0 Å². The van der Waals surface area contributed by atoms with Crippen LogP contribution in [0.3, 0.4) is 0 Å². The van der Waals surface area contributed by atoms with Crippen molar-refractivity contribution in [1.29, 1.82) is 0 Å². The van der Waals surface area contributed by atoms with Gasteiger partial charge in [-0.25, -0.2) is 0 Å². The van der Waals surface area contributed by atoms with Crippen LogP contribution in [0.15, 0.2) is 18.2 Å². The van der Waals surface area contributed by atoms with Crippen molar-refractivity contribution in [2.45, 2.75) is 13.8 Å². The Balaban J connectivity index is 3.27. The zero-order valence-electron chi connectivity index (χ0n) is 10.0. The molecule has 0 saturated carbocycles. The van der Waals surface area contributed by atoms with E-state index in [9.17, 15) is 4.79 Å². The Morgan fingerprint density at radius 2 is 1.69 bits per heavy atom. The second-order valence-corrected chi connectivity index (χ2v) is 3.53. The molecule has 0 N–H and O–H groups in total. The molecule has 0 aliphatic carbocycles. The lowest BCUT2D eigenvalue weighted by molar-refractivity contribution is -0.112. The Morgan fingerprint density at radius 3 is 2.06 bits per heavy atom. The molecule has 0 fully saturated rings. The van der Waals surface area contributed by atoms with Crippen LogP contribution in [0.2, 0.25) is 0 Å². The SMILES string of the molecule is COc1cc(C)cc(OC)c1/C=C/C(C)=O. The topological polar surface area (TPSA) is 35.5 Å². The van der Waals surface area contributed by atoms with Crippen LogP contribution in [-0.4, -0.2) is 20.0 Å². The van der Waals surface area contributed by atoms with Gasteiger partial charge in [-0.15, -0.1) is 0 Å². The predicted molar refractivity (Wildman–Crippen MR) is 64.0 cm³/mol. The number of aryl methyl sites for hydroxylation is 1. The fourth-order valence-electron chi connectivity index (χ4n) is 1.43. The van der Waals surface area contributed by atoms with Gasteiger partial charge in [-0.2, -0.15) is 0 Å². The van der Waals surface area contributed by atoms with Crippen LogP contribution in [0.25, 0.3) is 6.08 Å². The Bertz CT molecular complexity index is 394. The van der Waals surface area contributed by atoms with E-state index in [-0.39, 0.29) is 5.78 Å². The summed E-state index contributed by atoms with van der Waals surface area (Å²) in [6.07, 6.45) is 3.20. The summed E-state index contributed by atoms with van der Waals surface area (Å²) in [5, 5.41) is 0. The molecule has 0 aliphatic heterocycles. The third kappa shape index (κ3) is 2.86. The maximum Gasteiger partial charge on any atom is 0.152 e. The predicted octanol–water partition coefficient (Wildman–Crippen LogP) is 2.61. The summed E-state index contributed by atoms with van der Waals surface area (Å²) in [5.74, 6) is 1.40. The molecule has 1 rings (SSSR count). The Morgan fingerprint density at radius 1 is 1.19 bits per heavy atom. The summed E-state index contributed by atoms with van der Waals surface area (Å²) in [4.78, 5) is 10.9. The van der Waals surface area contributed by atoms with E-state index in [4.69, 9.17) is 9.47 Å². The smallest absolute Gasteiger partial charge is 0.152 e. The van der Waals surface area contributed by atoms with Gasteiger partial charge in [0, 0.05) is 0 Å². The lowest BCUT2D eigenvalue weighted by Crippen LogP contribution is -1.94. The summed E-state index contributed by atoms with van der Waals surface area (Å²) in [5.41, 5.74) is 1.83. The molecule has 0 aromatic heterocycles. The molecule has 86 valence electrons. The first-order valence-electron chi connectivity index (χ1n) is 4.99. The zero-order valence-corrected chi connectivity index (χ0v) is 10.0. The average Bonchev–Trinajstić information content (AvgIpc) is 2.25. The third-order valence-electron chi connectivity index (χ3n) is 2.17. The Kier molecular flexibility index (Phi) is 4.11. The van der Waals surface area contributed by atoms with Crippen molar-refractivity contribution < 1.29 is 14.3 Å². The van der Waals surface area contributed by atoms with Gasteiger partial charge in [-0.3, -0.25) is 4.79 Å². The Hall–Kier alpha value is -1.77. The summed E-state index contributed by atoms with van der Waals surface area (Å²) < 4.78 is 10.5. The Labute approximate surface area is 95.7 Å². The van der Waals surface area contributed by atoms with Crippen molar-refractivity contribution in [2.75, 3.05) is 14.2 Å². The minimum Gasteiger partial charge on any atom is -0.496 e. The number of hydrogen-bond acceptors (Lipinski definition) is 3. The van der Waals surface area contributed by atoms with Crippen molar-refractivity contribution in [3.8, 4) is 11.5 Å². The van der Waals surface area contributed by atoms with E-state index >= 15 is 0 Å². The number of hydrogen-bond donors (Lipinski definition) is 0. The van der Waals surface area contributed by atoms with Crippen LogP contribution in [0, 0.1) is 6.92 Å². The molecule has 0 saturated heterocycles. The number of ketones is 1. The van der Waals surface area contributed by atoms with E-state index in [1.807, 2.05) is 19.1 Å². The standard InChI is InChI=1S/C13H16O3/c1-9-7-12(15-3)11(6-5-10(2)14)13(8-9)16-4/h5-8H,1-4H3/b6-5+. The van der Waals surface area contributed by atoms with Gasteiger partial charge in [0.25, 0.3) is 0 Å². The van der Waals surface area contributed by atoms with Crippen molar-refractivity contribution in [3.05, 3.63) is 29.3 Å². The van der Waals surface area contributed by atoms with E-state index in [1.54, 1.807) is 20.3 Å². The van der Waals surface area contributed by atoms with Gasteiger partial charge in [-0.1, -0.05) is 0 Å². The molecule has 1 aromatic carbocycles. The molecule has 0 unspecified atom stereocenters. The summed E-state index contributed by atoms with van der Waals surface area (Å²) in [6, 6.07) is 3.81. The van der Waals surface area contributed by atoms with Crippen LogP contribution >= 0.6 is 0 Å². The van der Waals surface area contributed by atoms with Crippen LogP contribution in [0.1, 0.15) is 18.1 Å². The van der Waals surface area contributed by atoms with Crippen molar-refractivity contribution >= 4 is 11.9 Å². The molecule has 0 radical (unpaired) electrons. The largest absolute Gasteiger partial charge is 0.496 e. The van der Waals surface area contributed by atoms with Crippen LogP contribution < -0.4 is 9.47 Å². The number of carbonyl (C=O) groups excluding carboxylic acids is 1. The first-order valence-corrected chi connectivity index (χ1v) is 4.99. The minimum absolute atomic E-state index is 0.00955. The third-order valence-corrected chi connectivity index (χ3v) is 2.17. The number of carbonyl (C=O) groups is 1. The highest BCUT2D eigenvalue weighted by Gasteiger charge is 2.08. The highest BCUT2D eigenvalue weighted by molar-refractivity contribution is 5.92. The molecule has 0 aliphatic rings. The summed E-state index contributed by atoms with van der Waals surface area (Å²) in [7, 11) is 3.19. The van der Waals surface area contributed by atoms with Gasteiger partial charge in [0.2, 0.25) is 0 Å². The fourth-order valence-corrected chi connectivity index (χ4v) is 1.43. The summed E-state index contributed by atoms with van der Waals surface area (Å²) >= 11 is 0. The molecule has 0 spiro atoms. The molecule has 3 nitrogen and oxygen atoms in total. The second kappa shape index (κ2) is 5.35. The van der Waals surface area contributed by atoms with E-state index in [0.29, 0.717) is 11.5 Å². The first-order chi connectivity index (χ1) is 7.58. The molecule has 16 heavy (non-hydrogen) atoms. The van der Waals surface area contributed by atoms with Crippen LogP contribution in [0.5, 0.6) is 11.5 Å². The van der Waals surface area contributed by atoms with Gasteiger partial charge in [0.1, 0.15) is 11.5 Å². The molecule has 1 aromatic rings. The second-order valence-electron chi connectivity index (χ2n) is 3.53. The first kappa shape index (κ1) is 12.3. The van der Waals surface area contributed by atoms with Crippen molar-refractivity contribution in [2.24, 2.45) is 0 Å². The molecule has 3 heteroatoms. The van der Waals surface area contributed by atoms with Crippen LogP contribution in [0.4, 0.5) is 0 Å². The monoisotopic (exact) mass is 220 g/mol. The molecule has 0 atom stereocenters. The molecule has 0 amide bonds. The number of allylic oxidation sites excluding steroid dienone is 1. The van der Waals surface area contributed by atoms with Gasteiger partial charge < -0.3 is 9.47 Å². The van der Waals surface area contributed by atoms with Crippen LogP contribution in [-0.2, 0) is 4.79 Å². The highest BCUT2D eigenvalue weighted by atomic mass is 16.5. The number of rotatable bonds is 4. The molecular weight excluding hydrogens is 204 g/mol. The van der Waals surface area contributed by atoms with Crippen molar-refractivity contribution in [1.82, 2.24) is 0 Å². The molecular formula is C13H16O3. The van der Waals surface area contributed by atoms with E-state index in [0.717, 1.165) is 11.1 Å². The number of methoxy groups -OCH3 is 2. The fraction of sp³-hybridized carbons (Fsp3) is 0.308. The summed E-state index contributed by atoms with van der Waals surface area (Å²) in [6.45, 7) is 3.47. The van der Waals surface area contributed by atoms with Gasteiger partial charge >= 0.3 is 0 Å². The lowest BCUT2D eigenvalue weighted by atomic mass is 10.1. The molecule has 0 bridgehead atoms. The van der Waals surface area contributed by atoms with Crippen molar-refractivity contribution in [3.63, 3.8) is 0 Å². The maximum absolute atomic E-state index is 10.9. The quantitative estimate of drug-likeness (QED) is 0.732. The van der Waals surface area contributed by atoms with Gasteiger partial charge in [0.05, 0.1) is 19.8 Å². The number of ether oxygens (including phenoxy) is 2. The average molecular weight is 220 g/mol. The molecule has 0 heterocycles.